The van der Waals surface area contributed by atoms with E-state index in [0.29, 0.717) is 15.7 Å². The number of rotatable bonds is 1. The molecule has 0 heterocycles. The fourth-order valence-electron chi connectivity index (χ4n) is 0.867. The van der Waals surface area contributed by atoms with Crippen molar-refractivity contribution in [3.05, 3.63) is 28.2 Å². The minimum absolute atomic E-state index is 0.307. The summed E-state index contributed by atoms with van der Waals surface area (Å²) < 4.78 is 0. The number of nitrogens with two attached hydrogens (primary N) is 1. The first kappa shape index (κ1) is 11.6. The van der Waals surface area contributed by atoms with Crippen LogP contribution in [0.2, 0.25) is 10.0 Å². The number of guanidine groups is 1. The number of anilines is 1. The SMILES string of the molecule is N=C(N)NC(=O)Nc1ccc(Cl)cc1Cl. The molecule has 80 valence electrons. The summed E-state index contributed by atoms with van der Waals surface area (Å²) >= 11 is 11.5. The molecule has 7 heteroatoms. The first-order valence-corrected chi connectivity index (χ1v) is 4.61. The molecule has 1 aromatic carbocycles. The molecule has 0 aliphatic rings. The van der Waals surface area contributed by atoms with Gasteiger partial charge in [0.1, 0.15) is 0 Å². The summed E-state index contributed by atoms with van der Waals surface area (Å²) in [6.45, 7) is 0. The minimum atomic E-state index is -0.633. The van der Waals surface area contributed by atoms with Crippen molar-refractivity contribution in [3.63, 3.8) is 0 Å². The smallest absolute Gasteiger partial charge is 0.326 e. The Morgan fingerprint density at radius 2 is 2.07 bits per heavy atom. The Balaban J connectivity index is 2.72. The van der Waals surface area contributed by atoms with Gasteiger partial charge in [0.2, 0.25) is 0 Å². The Hall–Kier alpha value is -1.46. The molecule has 5 N–H and O–H groups in total. The van der Waals surface area contributed by atoms with E-state index in [0.717, 1.165) is 0 Å². The van der Waals surface area contributed by atoms with Crippen LogP contribution in [0.1, 0.15) is 0 Å². The lowest BCUT2D eigenvalue weighted by molar-refractivity contribution is 0.256. The predicted molar refractivity (Wildman–Crippen MR) is 60.5 cm³/mol. The fourth-order valence-corrected chi connectivity index (χ4v) is 1.32. The maximum absolute atomic E-state index is 11.1. The molecule has 0 spiro atoms. The summed E-state index contributed by atoms with van der Waals surface area (Å²) in [5.41, 5.74) is 5.36. The van der Waals surface area contributed by atoms with Gasteiger partial charge in [-0.15, -0.1) is 0 Å². The second-order valence-corrected chi connectivity index (χ2v) is 3.46. The molecule has 0 saturated heterocycles. The van der Waals surface area contributed by atoms with E-state index < -0.39 is 12.0 Å². The van der Waals surface area contributed by atoms with Crippen molar-refractivity contribution < 1.29 is 4.79 Å². The molecule has 1 rings (SSSR count). The molecule has 0 aliphatic carbocycles. The van der Waals surface area contributed by atoms with Gasteiger partial charge < -0.3 is 11.1 Å². The standard InChI is InChI=1S/C8H8Cl2N4O/c9-4-1-2-6(5(10)3-4)13-8(15)14-7(11)12/h1-3H,(H5,11,12,13,14,15). The van der Waals surface area contributed by atoms with Gasteiger partial charge in [-0.25, -0.2) is 4.79 Å². The number of carbonyl (C=O) groups is 1. The van der Waals surface area contributed by atoms with Crippen LogP contribution in [-0.2, 0) is 0 Å². The maximum atomic E-state index is 11.1. The second kappa shape index (κ2) is 4.86. The fraction of sp³-hybridized carbons (Fsp3) is 0. The number of amides is 2. The van der Waals surface area contributed by atoms with Crippen molar-refractivity contribution in [2.24, 2.45) is 5.73 Å². The molecule has 0 bridgehead atoms. The molecular weight excluding hydrogens is 239 g/mol. The Morgan fingerprint density at radius 3 is 2.60 bits per heavy atom. The van der Waals surface area contributed by atoms with Crippen LogP contribution in [0.15, 0.2) is 18.2 Å². The van der Waals surface area contributed by atoms with E-state index in [1.807, 2.05) is 0 Å². The van der Waals surface area contributed by atoms with Gasteiger partial charge in [-0.3, -0.25) is 10.7 Å². The van der Waals surface area contributed by atoms with E-state index in [1.165, 1.54) is 6.07 Å². The van der Waals surface area contributed by atoms with E-state index in [9.17, 15) is 4.79 Å². The van der Waals surface area contributed by atoms with Crippen LogP contribution in [0, 0.1) is 5.41 Å². The first-order valence-electron chi connectivity index (χ1n) is 3.86. The summed E-state index contributed by atoms with van der Waals surface area (Å²) in [6, 6.07) is 3.99. The van der Waals surface area contributed by atoms with Gasteiger partial charge in [0.05, 0.1) is 10.7 Å². The number of halogens is 2. The Bertz CT molecular complexity index is 408. The zero-order valence-electron chi connectivity index (χ0n) is 7.47. The first-order chi connectivity index (χ1) is 6.99. The van der Waals surface area contributed by atoms with Gasteiger partial charge in [-0.2, -0.15) is 0 Å². The van der Waals surface area contributed by atoms with Gasteiger partial charge in [-0.05, 0) is 18.2 Å². The van der Waals surface area contributed by atoms with Crippen molar-refractivity contribution in [2.75, 3.05) is 5.32 Å². The van der Waals surface area contributed by atoms with Gasteiger partial charge in [0.25, 0.3) is 0 Å². The topological polar surface area (TPSA) is 91.0 Å². The maximum Gasteiger partial charge on any atom is 0.326 e. The zero-order valence-corrected chi connectivity index (χ0v) is 8.99. The average Bonchev–Trinajstić information content (AvgIpc) is 2.08. The van der Waals surface area contributed by atoms with Crippen LogP contribution in [0.4, 0.5) is 10.5 Å². The van der Waals surface area contributed by atoms with Crippen LogP contribution in [0.5, 0.6) is 0 Å². The van der Waals surface area contributed by atoms with Crippen LogP contribution >= 0.6 is 23.2 Å². The Kier molecular flexibility index (Phi) is 3.76. The summed E-state index contributed by atoms with van der Waals surface area (Å²) in [4.78, 5) is 11.1. The second-order valence-electron chi connectivity index (χ2n) is 2.62. The molecule has 0 saturated carbocycles. The third kappa shape index (κ3) is 3.65. The molecule has 5 nitrogen and oxygen atoms in total. The summed E-state index contributed by atoms with van der Waals surface area (Å²) in [5.74, 6) is -0.447. The van der Waals surface area contributed by atoms with Gasteiger partial charge >= 0.3 is 6.03 Å². The molecular formula is C8H8Cl2N4O. The number of benzene rings is 1. The van der Waals surface area contributed by atoms with E-state index in [4.69, 9.17) is 34.3 Å². The highest BCUT2D eigenvalue weighted by molar-refractivity contribution is 6.36. The number of nitrogens with one attached hydrogen (secondary N) is 3. The quantitative estimate of drug-likeness (QED) is 0.451. The van der Waals surface area contributed by atoms with Crippen LogP contribution in [0.25, 0.3) is 0 Å². The average molecular weight is 247 g/mol. The molecule has 0 aromatic heterocycles. The van der Waals surface area contributed by atoms with Gasteiger partial charge in [0, 0.05) is 5.02 Å². The zero-order chi connectivity index (χ0) is 11.4. The number of urea groups is 1. The predicted octanol–water partition coefficient (Wildman–Crippen LogP) is 2.01. The highest BCUT2D eigenvalue weighted by Crippen LogP contribution is 2.25. The largest absolute Gasteiger partial charge is 0.370 e. The van der Waals surface area contributed by atoms with E-state index in [2.05, 4.69) is 10.6 Å². The molecule has 0 aliphatic heterocycles. The normalized spacial score (nSPS) is 9.47. The number of hydrogen-bond acceptors (Lipinski definition) is 2. The third-order valence-corrected chi connectivity index (χ3v) is 1.98. The summed E-state index contributed by atoms with van der Waals surface area (Å²) in [7, 11) is 0. The highest BCUT2D eigenvalue weighted by atomic mass is 35.5. The van der Waals surface area contributed by atoms with Crippen molar-refractivity contribution in [3.8, 4) is 0 Å². The van der Waals surface area contributed by atoms with Crippen molar-refractivity contribution in [2.45, 2.75) is 0 Å². The highest BCUT2D eigenvalue weighted by Gasteiger charge is 2.05. The molecule has 0 unspecified atom stereocenters. The lowest BCUT2D eigenvalue weighted by Gasteiger charge is -2.07. The van der Waals surface area contributed by atoms with Crippen molar-refractivity contribution in [1.29, 1.82) is 5.41 Å². The lowest BCUT2D eigenvalue weighted by Crippen LogP contribution is -2.38. The molecule has 1 aromatic rings. The lowest BCUT2D eigenvalue weighted by atomic mass is 10.3. The van der Waals surface area contributed by atoms with Crippen molar-refractivity contribution >= 4 is 40.9 Å². The van der Waals surface area contributed by atoms with Gasteiger partial charge in [-0.1, -0.05) is 23.2 Å². The van der Waals surface area contributed by atoms with E-state index in [-0.39, 0.29) is 0 Å². The van der Waals surface area contributed by atoms with Gasteiger partial charge in [0.15, 0.2) is 5.96 Å². The molecule has 2 amide bonds. The summed E-state index contributed by atoms with van der Waals surface area (Å²) in [6.07, 6.45) is 0. The number of carbonyl (C=O) groups excluding carboxylic acids is 1. The summed E-state index contributed by atoms with van der Waals surface area (Å²) in [5, 5.41) is 12.1. The Morgan fingerprint density at radius 1 is 1.40 bits per heavy atom. The van der Waals surface area contributed by atoms with E-state index >= 15 is 0 Å². The molecule has 15 heavy (non-hydrogen) atoms. The van der Waals surface area contributed by atoms with Crippen molar-refractivity contribution in [1.82, 2.24) is 5.32 Å². The van der Waals surface area contributed by atoms with E-state index in [1.54, 1.807) is 12.1 Å². The minimum Gasteiger partial charge on any atom is -0.370 e. The monoisotopic (exact) mass is 246 g/mol. The molecule has 0 radical (unpaired) electrons. The van der Waals surface area contributed by atoms with Crippen LogP contribution in [0.3, 0.4) is 0 Å². The van der Waals surface area contributed by atoms with Crippen LogP contribution < -0.4 is 16.4 Å². The number of hydrogen-bond donors (Lipinski definition) is 4. The molecule has 0 atom stereocenters. The molecule has 0 fully saturated rings. The third-order valence-electron chi connectivity index (χ3n) is 1.43. The Labute approximate surface area is 96.1 Å². The van der Waals surface area contributed by atoms with Crippen LogP contribution in [-0.4, -0.2) is 12.0 Å².